The van der Waals surface area contributed by atoms with Gasteiger partial charge in [0.2, 0.25) is 0 Å². The quantitative estimate of drug-likeness (QED) is 0.589. The second-order valence-corrected chi connectivity index (χ2v) is 2.72. The molecule has 0 unspecified atom stereocenters. The minimum atomic E-state index is 0.244. The minimum Gasteiger partial charge on any atom is -0.516 e. The Bertz CT molecular complexity index is 265. The lowest BCUT2D eigenvalue weighted by molar-refractivity contribution is 0.0982. The van der Waals surface area contributed by atoms with Crippen LogP contribution < -0.4 is 0 Å². The first-order valence-corrected chi connectivity index (χ1v) is 4.59. The summed E-state index contributed by atoms with van der Waals surface area (Å²) in [5.74, 6) is 0.244. The number of carbonyl (C=O) groups excluding carboxylic acids is 1. The average molecular weight is 192 g/mol. The Morgan fingerprint density at radius 1 is 1.43 bits per heavy atom. The van der Waals surface area contributed by atoms with Crippen LogP contribution in [0, 0.1) is 0 Å². The molecule has 0 aliphatic rings. The summed E-state index contributed by atoms with van der Waals surface area (Å²) in [6.45, 7) is 4.93. The molecule has 0 amide bonds. The topological polar surface area (TPSA) is 37.3 Å². The Hall–Kier alpha value is -1.57. The fraction of sp³-hybridized carbons (Fsp3) is 0.250. The molecular formula is C12H16O2. The third kappa shape index (κ3) is 5.14. The highest BCUT2D eigenvalue weighted by atomic mass is 16.2. The standard InChI is InChI=1S/C10H12O.C2H4O/c1-2-6-10(11)9-7-4-3-5-8-9;1-2-3/h3-5,7-8H,2,6H2,1H3;2-3H,1H2. The first kappa shape index (κ1) is 12.4. The summed E-state index contributed by atoms with van der Waals surface area (Å²) in [4.78, 5) is 11.2. The van der Waals surface area contributed by atoms with Gasteiger partial charge in [-0.15, -0.1) is 0 Å². The zero-order valence-electron chi connectivity index (χ0n) is 8.44. The predicted octanol–water partition coefficient (Wildman–Crippen LogP) is 3.36. The van der Waals surface area contributed by atoms with Gasteiger partial charge in [0.15, 0.2) is 5.78 Å². The Morgan fingerprint density at radius 2 is 1.93 bits per heavy atom. The van der Waals surface area contributed by atoms with E-state index in [4.69, 9.17) is 5.11 Å². The van der Waals surface area contributed by atoms with E-state index in [2.05, 4.69) is 6.58 Å². The van der Waals surface area contributed by atoms with Crippen LogP contribution in [0.5, 0.6) is 0 Å². The van der Waals surface area contributed by atoms with E-state index in [1.807, 2.05) is 37.3 Å². The number of rotatable bonds is 3. The molecule has 0 saturated carbocycles. The fourth-order valence-electron chi connectivity index (χ4n) is 0.995. The van der Waals surface area contributed by atoms with E-state index in [1.54, 1.807) is 0 Å². The molecule has 2 heteroatoms. The smallest absolute Gasteiger partial charge is 0.162 e. The lowest BCUT2D eigenvalue weighted by Crippen LogP contribution is -1.96. The number of benzene rings is 1. The van der Waals surface area contributed by atoms with E-state index in [0.29, 0.717) is 6.42 Å². The molecule has 0 aliphatic heterocycles. The molecule has 14 heavy (non-hydrogen) atoms. The van der Waals surface area contributed by atoms with Gasteiger partial charge in [-0.3, -0.25) is 4.79 Å². The van der Waals surface area contributed by atoms with Crippen molar-refractivity contribution in [3.05, 3.63) is 48.7 Å². The average Bonchev–Trinajstić information content (AvgIpc) is 2.21. The van der Waals surface area contributed by atoms with Gasteiger partial charge in [0, 0.05) is 12.0 Å². The van der Waals surface area contributed by atoms with Gasteiger partial charge >= 0.3 is 0 Å². The van der Waals surface area contributed by atoms with Crippen LogP contribution in [0.15, 0.2) is 43.2 Å². The van der Waals surface area contributed by atoms with Crippen molar-refractivity contribution in [2.24, 2.45) is 0 Å². The predicted molar refractivity (Wildman–Crippen MR) is 58.5 cm³/mol. The van der Waals surface area contributed by atoms with Crippen molar-refractivity contribution in [1.29, 1.82) is 0 Å². The van der Waals surface area contributed by atoms with E-state index in [1.165, 1.54) is 0 Å². The number of aliphatic hydroxyl groups excluding tert-OH is 1. The van der Waals surface area contributed by atoms with E-state index >= 15 is 0 Å². The Balaban J connectivity index is 0.000000500. The number of carbonyl (C=O) groups is 1. The molecule has 0 bridgehead atoms. The monoisotopic (exact) mass is 192 g/mol. The molecule has 0 fully saturated rings. The fourth-order valence-corrected chi connectivity index (χ4v) is 0.995. The molecular weight excluding hydrogens is 176 g/mol. The highest BCUT2D eigenvalue weighted by Gasteiger charge is 2.01. The van der Waals surface area contributed by atoms with Crippen molar-refractivity contribution in [2.45, 2.75) is 19.8 Å². The molecule has 0 atom stereocenters. The molecule has 1 N–H and O–H groups in total. The van der Waals surface area contributed by atoms with Crippen molar-refractivity contribution < 1.29 is 9.90 Å². The molecule has 0 spiro atoms. The molecule has 76 valence electrons. The van der Waals surface area contributed by atoms with Crippen molar-refractivity contribution in [3.8, 4) is 0 Å². The number of ketones is 1. The summed E-state index contributed by atoms with van der Waals surface area (Å²) in [6.07, 6.45) is 2.33. The SMILES string of the molecule is C=CO.CCCC(=O)c1ccccc1. The van der Waals surface area contributed by atoms with Crippen LogP contribution in [0.3, 0.4) is 0 Å². The third-order valence-electron chi connectivity index (χ3n) is 1.57. The summed E-state index contributed by atoms with van der Waals surface area (Å²) in [5, 5.41) is 7.33. The molecule has 1 aromatic rings. The van der Waals surface area contributed by atoms with Crippen LogP contribution in [-0.4, -0.2) is 10.9 Å². The van der Waals surface area contributed by atoms with Gasteiger partial charge in [-0.1, -0.05) is 43.8 Å². The van der Waals surface area contributed by atoms with Gasteiger partial charge in [-0.25, -0.2) is 0 Å². The Morgan fingerprint density at radius 3 is 2.36 bits per heavy atom. The van der Waals surface area contributed by atoms with Gasteiger partial charge in [-0.05, 0) is 6.42 Å². The van der Waals surface area contributed by atoms with Gasteiger partial charge in [0.05, 0.1) is 6.26 Å². The molecule has 0 heterocycles. The summed E-state index contributed by atoms with van der Waals surface area (Å²) < 4.78 is 0. The summed E-state index contributed by atoms with van der Waals surface area (Å²) in [6, 6.07) is 9.42. The minimum absolute atomic E-state index is 0.244. The zero-order valence-corrected chi connectivity index (χ0v) is 8.44. The molecule has 2 nitrogen and oxygen atoms in total. The van der Waals surface area contributed by atoms with E-state index < -0.39 is 0 Å². The van der Waals surface area contributed by atoms with Crippen molar-refractivity contribution in [1.82, 2.24) is 0 Å². The molecule has 0 saturated heterocycles. The van der Waals surface area contributed by atoms with Crippen LogP contribution >= 0.6 is 0 Å². The maximum Gasteiger partial charge on any atom is 0.162 e. The molecule has 0 aliphatic carbocycles. The first-order chi connectivity index (χ1) is 6.76. The lowest BCUT2D eigenvalue weighted by Gasteiger charge is -1.96. The molecule has 1 rings (SSSR count). The Kier molecular flexibility index (Phi) is 7.15. The van der Waals surface area contributed by atoms with Gasteiger partial charge in [-0.2, -0.15) is 0 Å². The third-order valence-corrected chi connectivity index (χ3v) is 1.57. The number of hydrogen-bond donors (Lipinski definition) is 1. The number of hydrogen-bond acceptors (Lipinski definition) is 2. The van der Waals surface area contributed by atoms with Gasteiger partial charge in [0.1, 0.15) is 0 Å². The summed E-state index contributed by atoms with van der Waals surface area (Å²) >= 11 is 0. The van der Waals surface area contributed by atoms with Crippen LogP contribution in [-0.2, 0) is 0 Å². The molecule has 0 radical (unpaired) electrons. The maximum absolute atomic E-state index is 11.2. The van der Waals surface area contributed by atoms with E-state index in [-0.39, 0.29) is 5.78 Å². The summed E-state index contributed by atoms with van der Waals surface area (Å²) in [7, 11) is 0. The number of aliphatic hydroxyl groups is 1. The van der Waals surface area contributed by atoms with Crippen LogP contribution in [0.25, 0.3) is 0 Å². The van der Waals surface area contributed by atoms with Crippen LogP contribution in [0.4, 0.5) is 0 Å². The van der Waals surface area contributed by atoms with Crippen LogP contribution in [0.2, 0.25) is 0 Å². The highest BCUT2D eigenvalue weighted by Crippen LogP contribution is 2.03. The van der Waals surface area contributed by atoms with Gasteiger partial charge in [0.25, 0.3) is 0 Å². The van der Waals surface area contributed by atoms with Crippen molar-refractivity contribution >= 4 is 5.78 Å². The second-order valence-electron chi connectivity index (χ2n) is 2.72. The molecule has 1 aromatic carbocycles. The number of Topliss-reactive ketones (excluding diaryl/α,β-unsaturated/α-hetero) is 1. The molecule has 0 aromatic heterocycles. The first-order valence-electron chi connectivity index (χ1n) is 4.59. The van der Waals surface area contributed by atoms with E-state index in [9.17, 15) is 4.79 Å². The van der Waals surface area contributed by atoms with Crippen molar-refractivity contribution in [3.63, 3.8) is 0 Å². The lowest BCUT2D eigenvalue weighted by atomic mass is 10.1. The van der Waals surface area contributed by atoms with E-state index in [0.717, 1.165) is 18.2 Å². The maximum atomic E-state index is 11.2. The normalized spacial score (nSPS) is 8.36. The zero-order chi connectivity index (χ0) is 10.8. The highest BCUT2D eigenvalue weighted by molar-refractivity contribution is 5.95. The van der Waals surface area contributed by atoms with Crippen molar-refractivity contribution in [2.75, 3.05) is 0 Å². The second kappa shape index (κ2) is 8.05. The summed E-state index contributed by atoms with van der Waals surface area (Å²) in [5.41, 5.74) is 0.828. The largest absolute Gasteiger partial charge is 0.516 e. The van der Waals surface area contributed by atoms with Crippen LogP contribution in [0.1, 0.15) is 30.1 Å². The Labute approximate surface area is 84.9 Å². The van der Waals surface area contributed by atoms with Gasteiger partial charge < -0.3 is 5.11 Å².